The van der Waals surface area contributed by atoms with Crippen molar-refractivity contribution in [2.75, 3.05) is 18.6 Å². The van der Waals surface area contributed by atoms with Gasteiger partial charge in [-0.15, -0.1) is 23.1 Å². The van der Waals surface area contributed by atoms with Crippen LogP contribution in [0.15, 0.2) is 16.8 Å². The lowest BCUT2D eigenvalue weighted by Crippen LogP contribution is -2.70. The molecule has 2 aliphatic heterocycles. The Morgan fingerprint density at radius 1 is 1.58 bits per heavy atom. The van der Waals surface area contributed by atoms with Gasteiger partial charge in [0.15, 0.2) is 10.8 Å². The van der Waals surface area contributed by atoms with Gasteiger partial charge in [0.2, 0.25) is 5.91 Å². The topological polar surface area (TPSA) is 135 Å². The molecule has 1 saturated heterocycles. The fourth-order valence-electron chi connectivity index (χ4n) is 2.54. The van der Waals surface area contributed by atoms with E-state index in [-0.39, 0.29) is 23.8 Å². The highest BCUT2D eigenvalue weighted by Crippen LogP contribution is 2.40. The predicted molar refractivity (Wildman–Crippen MR) is 86.9 cm³/mol. The van der Waals surface area contributed by atoms with Gasteiger partial charge in [0.05, 0.1) is 25.0 Å². The van der Waals surface area contributed by atoms with Gasteiger partial charge in [-0.1, -0.05) is 0 Å². The van der Waals surface area contributed by atoms with Crippen molar-refractivity contribution in [1.29, 1.82) is 0 Å². The van der Waals surface area contributed by atoms with Gasteiger partial charge < -0.3 is 20.9 Å². The van der Waals surface area contributed by atoms with E-state index in [1.807, 2.05) is 0 Å². The second kappa shape index (κ2) is 6.32. The summed E-state index contributed by atoms with van der Waals surface area (Å²) in [6, 6.07) is -0.758. The summed E-state index contributed by atoms with van der Waals surface area (Å²) in [5.74, 6) is -1.50. The van der Waals surface area contributed by atoms with Crippen LogP contribution >= 0.6 is 23.1 Å². The molecule has 4 N–H and O–H groups in total. The molecule has 2 aliphatic rings. The van der Waals surface area contributed by atoms with E-state index in [1.54, 1.807) is 5.38 Å². The first-order chi connectivity index (χ1) is 11.4. The summed E-state index contributed by atoms with van der Waals surface area (Å²) in [5.41, 5.74) is 5.88. The zero-order valence-electron chi connectivity index (χ0n) is 12.5. The van der Waals surface area contributed by atoms with Crippen LogP contribution < -0.4 is 11.1 Å². The SMILES string of the molecule is COC1=C(C(=O)O)N2C(=O)[C@@H](NC(=O)Cc3csc(N)n3)[C@H]2SC1. The van der Waals surface area contributed by atoms with Crippen LogP contribution in [0.25, 0.3) is 0 Å². The number of nitrogens with one attached hydrogen (secondary N) is 1. The van der Waals surface area contributed by atoms with Crippen molar-refractivity contribution in [3.05, 3.63) is 22.5 Å². The van der Waals surface area contributed by atoms with Crippen molar-refractivity contribution >= 4 is 46.0 Å². The first-order valence-corrected chi connectivity index (χ1v) is 8.79. The largest absolute Gasteiger partial charge is 0.498 e. The molecule has 24 heavy (non-hydrogen) atoms. The van der Waals surface area contributed by atoms with Gasteiger partial charge in [0, 0.05) is 5.38 Å². The average Bonchev–Trinajstić information content (AvgIpc) is 2.95. The van der Waals surface area contributed by atoms with E-state index in [9.17, 15) is 19.5 Å². The highest BCUT2D eigenvalue weighted by Gasteiger charge is 2.54. The van der Waals surface area contributed by atoms with Crippen LogP contribution in [0.2, 0.25) is 0 Å². The number of anilines is 1. The van der Waals surface area contributed by atoms with Crippen molar-refractivity contribution in [2.24, 2.45) is 0 Å². The fourth-order valence-corrected chi connectivity index (χ4v) is 4.41. The van der Waals surface area contributed by atoms with Gasteiger partial charge in [-0.3, -0.25) is 14.5 Å². The smallest absolute Gasteiger partial charge is 0.356 e. The highest BCUT2D eigenvalue weighted by atomic mass is 32.2. The first kappa shape index (κ1) is 16.6. The summed E-state index contributed by atoms with van der Waals surface area (Å²) in [6.45, 7) is 0. The number of nitrogens with two attached hydrogens (primary N) is 1. The zero-order chi connectivity index (χ0) is 17.4. The summed E-state index contributed by atoms with van der Waals surface area (Å²) in [4.78, 5) is 40.9. The molecular weight excluding hydrogens is 356 g/mol. The number of β-lactam (4-membered cyclic amide) rings is 1. The Balaban J connectivity index is 1.68. The number of thioether (sulfide) groups is 1. The van der Waals surface area contributed by atoms with Crippen molar-refractivity contribution in [3.8, 4) is 0 Å². The van der Waals surface area contributed by atoms with Crippen molar-refractivity contribution < 1.29 is 24.2 Å². The van der Waals surface area contributed by atoms with E-state index < -0.39 is 23.3 Å². The standard InChI is InChI=1S/C13H14N4O5S2/c1-22-6-4-23-11-8(10(19)17(11)9(6)12(20)21)16-7(18)2-5-3-24-13(14)15-5/h3,8,11H,2,4H2,1H3,(H2,14,15)(H,16,18)(H,20,21)/t8-,11-/m1/s1. The molecule has 0 radical (unpaired) electrons. The number of methoxy groups -OCH3 is 1. The third-order valence-corrected chi connectivity index (χ3v) is 5.59. The number of carboxylic acid groups (broad SMARTS) is 1. The zero-order valence-corrected chi connectivity index (χ0v) is 14.1. The molecule has 0 saturated carbocycles. The number of carbonyl (C=O) groups excluding carboxylic acids is 2. The van der Waals surface area contributed by atoms with Crippen molar-refractivity contribution in [3.63, 3.8) is 0 Å². The van der Waals surface area contributed by atoms with Crippen LogP contribution in [0.4, 0.5) is 5.13 Å². The second-order valence-corrected chi connectivity index (χ2v) is 7.08. The molecule has 0 aliphatic carbocycles. The van der Waals surface area contributed by atoms with Crippen LogP contribution in [0, 0.1) is 0 Å². The van der Waals surface area contributed by atoms with E-state index in [0.717, 1.165) is 4.90 Å². The summed E-state index contributed by atoms with van der Waals surface area (Å²) in [7, 11) is 1.36. The van der Waals surface area contributed by atoms with Crippen LogP contribution in [0.5, 0.6) is 0 Å². The van der Waals surface area contributed by atoms with E-state index in [0.29, 0.717) is 16.6 Å². The minimum Gasteiger partial charge on any atom is -0.498 e. The summed E-state index contributed by atoms with van der Waals surface area (Å²) in [6.07, 6.45) is 0.0137. The third kappa shape index (κ3) is 2.80. The maximum Gasteiger partial charge on any atom is 0.356 e. The van der Waals surface area contributed by atoms with Crippen LogP contribution in [0.1, 0.15) is 5.69 Å². The number of carbonyl (C=O) groups is 3. The van der Waals surface area contributed by atoms with E-state index in [2.05, 4.69) is 10.3 Å². The van der Waals surface area contributed by atoms with E-state index in [1.165, 1.54) is 30.2 Å². The maximum atomic E-state index is 12.3. The molecule has 1 aromatic rings. The number of thiazole rings is 1. The molecular formula is C13H14N4O5S2. The Morgan fingerprint density at radius 3 is 2.92 bits per heavy atom. The molecule has 11 heteroatoms. The van der Waals surface area contributed by atoms with E-state index >= 15 is 0 Å². The molecule has 0 spiro atoms. The number of aromatic nitrogens is 1. The molecule has 0 aromatic carbocycles. The summed E-state index contributed by atoms with van der Waals surface area (Å²) >= 11 is 2.57. The minimum atomic E-state index is -1.23. The highest BCUT2D eigenvalue weighted by molar-refractivity contribution is 8.00. The van der Waals surface area contributed by atoms with Crippen molar-refractivity contribution in [2.45, 2.75) is 17.8 Å². The molecule has 9 nitrogen and oxygen atoms in total. The molecule has 1 fully saturated rings. The molecule has 2 atom stereocenters. The van der Waals surface area contributed by atoms with Gasteiger partial charge >= 0.3 is 5.97 Å². The molecule has 3 heterocycles. The number of ether oxygens (including phenoxy) is 1. The number of fused-ring (bicyclic) bond motifs is 1. The van der Waals surface area contributed by atoms with Gasteiger partial charge in [0.1, 0.15) is 17.2 Å². The van der Waals surface area contributed by atoms with Gasteiger partial charge in [-0.2, -0.15) is 0 Å². The number of nitrogens with zero attached hydrogens (tertiary/aromatic N) is 2. The number of nitrogen functional groups attached to an aromatic ring is 1. The Bertz CT molecular complexity index is 746. The Morgan fingerprint density at radius 2 is 2.33 bits per heavy atom. The molecule has 0 unspecified atom stereocenters. The monoisotopic (exact) mass is 370 g/mol. The number of aliphatic carboxylic acids is 1. The van der Waals surface area contributed by atoms with Crippen molar-refractivity contribution in [1.82, 2.24) is 15.2 Å². The lowest BCUT2D eigenvalue weighted by Gasteiger charge is -2.48. The van der Waals surface area contributed by atoms with Gasteiger partial charge in [0.25, 0.3) is 5.91 Å². The molecule has 2 amide bonds. The lowest BCUT2D eigenvalue weighted by atomic mass is 10.0. The number of amides is 2. The quantitative estimate of drug-likeness (QED) is 0.597. The normalized spacial score (nSPS) is 22.7. The summed E-state index contributed by atoms with van der Waals surface area (Å²) in [5, 5.41) is 13.5. The van der Waals surface area contributed by atoms with Gasteiger partial charge in [-0.25, -0.2) is 9.78 Å². The van der Waals surface area contributed by atoms with Gasteiger partial charge in [-0.05, 0) is 0 Å². The maximum absolute atomic E-state index is 12.3. The second-order valence-electron chi connectivity index (χ2n) is 5.09. The lowest BCUT2D eigenvalue weighted by molar-refractivity contribution is -0.151. The first-order valence-electron chi connectivity index (χ1n) is 6.86. The Hall–Kier alpha value is -2.27. The fraction of sp³-hybridized carbons (Fsp3) is 0.385. The molecule has 0 bridgehead atoms. The molecule has 1 aromatic heterocycles. The minimum absolute atomic E-state index is 0.0137. The number of hydrogen-bond acceptors (Lipinski definition) is 8. The van der Waals surface area contributed by atoms with Crippen LogP contribution in [0.3, 0.4) is 0 Å². The van der Waals surface area contributed by atoms with Crippen LogP contribution in [-0.2, 0) is 25.5 Å². The third-order valence-electron chi connectivity index (χ3n) is 3.61. The Kier molecular flexibility index (Phi) is 4.37. The molecule has 3 rings (SSSR count). The molecule has 128 valence electrons. The number of carboxylic acids is 1. The van der Waals surface area contributed by atoms with E-state index in [4.69, 9.17) is 10.5 Å². The van der Waals surface area contributed by atoms with Crippen LogP contribution in [-0.4, -0.2) is 57.1 Å². The summed E-state index contributed by atoms with van der Waals surface area (Å²) < 4.78 is 5.04. The predicted octanol–water partition coefficient (Wildman–Crippen LogP) is -0.390. The average molecular weight is 370 g/mol. The number of rotatable bonds is 5. The number of hydrogen-bond donors (Lipinski definition) is 3. The Labute approximate surface area is 144 Å².